The molecule has 0 radical (unpaired) electrons. The normalized spacial score (nSPS) is 12.2. The molecule has 2 aromatic carbocycles. The highest BCUT2D eigenvalue weighted by Gasteiger charge is 2.18. The SMILES string of the molecule is NC(Cc1ccccc1[N+](=O)[O-])c1cc(Cl)ccc1F. The minimum absolute atomic E-state index is 0.0228. The Morgan fingerprint density at radius 3 is 2.70 bits per heavy atom. The van der Waals surface area contributed by atoms with Crippen molar-refractivity contribution >= 4 is 17.3 Å². The van der Waals surface area contributed by atoms with Crippen molar-refractivity contribution in [3.05, 3.63) is 74.5 Å². The third-order valence-electron chi connectivity index (χ3n) is 2.99. The van der Waals surface area contributed by atoms with Gasteiger partial charge < -0.3 is 5.73 Å². The molecule has 2 N–H and O–H groups in total. The van der Waals surface area contributed by atoms with Gasteiger partial charge in [0.15, 0.2) is 0 Å². The second-order valence-electron chi connectivity index (χ2n) is 4.36. The van der Waals surface area contributed by atoms with Gasteiger partial charge in [0.1, 0.15) is 5.82 Å². The Labute approximate surface area is 120 Å². The summed E-state index contributed by atoms with van der Waals surface area (Å²) in [7, 11) is 0. The fourth-order valence-corrected chi connectivity index (χ4v) is 2.19. The van der Waals surface area contributed by atoms with E-state index in [9.17, 15) is 14.5 Å². The maximum absolute atomic E-state index is 13.7. The molecule has 0 fully saturated rings. The zero-order valence-corrected chi connectivity index (χ0v) is 11.2. The van der Waals surface area contributed by atoms with Gasteiger partial charge in [-0.1, -0.05) is 29.8 Å². The summed E-state index contributed by atoms with van der Waals surface area (Å²) in [6, 6.07) is 9.67. The minimum Gasteiger partial charge on any atom is -0.324 e. The molecule has 0 amide bonds. The monoisotopic (exact) mass is 294 g/mol. The molecule has 0 aliphatic carbocycles. The van der Waals surface area contributed by atoms with Crippen molar-refractivity contribution in [1.82, 2.24) is 0 Å². The van der Waals surface area contributed by atoms with Crippen LogP contribution in [0, 0.1) is 15.9 Å². The van der Waals surface area contributed by atoms with E-state index in [4.69, 9.17) is 17.3 Å². The highest BCUT2D eigenvalue weighted by atomic mass is 35.5. The fourth-order valence-electron chi connectivity index (χ4n) is 2.01. The minimum atomic E-state index is -0.699. The smallest absolute Gasteiger partial charge is 0.272 e. The number of nitro groups is 1. The lowest BCUT2D eigenvalue weighted by Gasteiger charge is -2.13. The Kier molecular flexibility index (Phi) is 4.32. The van der Waals surface area contributed by atoms with E-state index >= 15 is 0 Å². The van der Waals surface area contributed by atoms with Gasteiger partial charge in [0, 0.05) is 28.3 Å². The van der Waals surface area contributed by atoms with Crippen LogP contribution in [0.3, 0.4) is 0 Å². The van der Waals surface area contributed by atoms with E-state index < -0.39 is 16.8 Å². The average molecular weight is 295 g/mol. The first kappa shape index (κ1) is 14.4. The Hall–Kier alpha value is -1.98. The van der Waals surface area contributed by atoms with Crippen molar-refractivity contribution in [3.63, 3.8) is 0 Å². The highest BCUT2D eigenvalue weighted by Crippen LogP contribution is 2.26. The Balaban J connectivity index is 2.30. The molecule has 0 spiro atoms. The molecule has 0 aromatic heterocycles. The topological polar surface area (TPSA) is 69.2 Å². The molecular weight excluding hydrogens is 283 g/mol. The van der Waals surface area contributed by atoms with Crippen LogP contribution in [0.1, 0.15) is 17.2 Å². The van der Waals surface area contributed by atoms with Crippen molar-refractivity contribution in [2.45, 2.75) is 12.5 Å². The van der Waals surface area contributed by atoms with Crippen LogP contribution in [0.25, 0.3) is 0 Å². The standard InChI is InChI=1S/C14H12ClFN2O2/c15-10-5-6-12(16)11(8-10)13(17)7-9-3-1-2-4-14(9)18(19)20/h1-6,8,13H,7,17H2. The van der Waals surface area contributed by atoms with Crippen molar-refractivity contribution < 1.29 is 9.31 Å². The van der Waals surface area contributed by atoms with Crippen LogP contribution in [0.5, 0.6) is 0 Å². The highest BCUT2D eigenvalue weighted by molar-refractivity contribution is 6.30. The van der Waals surface area contributed by atoms with Gasteiger partial charge in [0.2, 0.25) is 0 Å². The second kappa shape index (κ2) is 5.98. The lowest BCUT2D eigenvalue weighted by atomic mass is 9.98. The molecule has 0 saturated heterocycles. The Morgan fingerprint density at radius 1 is 1.30 bits per heavy atom. The number of nitrogens with zero attached hydrogens (tertiary/aromatic N) is 1. The van der Waals surface area contributed by atoms with Crippen LogP contribution in [0.2, 0.25) is 5.02 Å². The first-order valence-corrected chi connectivity index (χ1v) is 6.29. The predicted molar refractivity (Wildman–Crippen MR) is 75.1 cm³/mol. The number of halogens is 2. The maximum Gasteiger partial charge on any atom is 0.272 e. The molecule has 6 heteroatoms. The Morgan fingerprint density at radius 2 is 2.00 bits per heavy atom. The zero-order chi connectivity index (χ0) is 14.7. The molecule has 0 aliphatic heterocycles. The molecule has 4 nitrogen and oxygen atoms in total. The number of benzene rings is 2. The van der Waals surface area contributed by atoms with E-state index in [1.165, 1.54) is 24.3 Å². The van der Waals surface area contributed by atoms with E-state index in [1.54, 1.807) is 18.2 Å². The van der Waals surface area contributed by atoms with E-state index in [1.807, 2.05) is 0 Å². The number of hydrogen-bond acceptors (Lipinski definition) is 3. The first-order chi connectivity index (χ1) is 9.49. The molecule has 0 saturated carbocycles. The van der Waals surface area contributed by atoms with Gasteiger partial charge in [-0.15, -0.1) is 0 Å². The fraction of sp³-hybridized carbons (Fsp3) is 0.143. The van der Waals surface area contributed by atoms with Gasteiger partial charge in [0.25, 0.3) is 5.69 Å². The van der Waals surface area contributed by atoms with E-state index in [-0.39, 0.29) is 17.7 Å². The van der Waals surface area contributed by atoms with Crippen LogP contribution >= 0.6 is 11.6 Å². The van der Waals surface area contributed by atoms with Gasteiger partial charge in [-0.05, 0) is 24.6 Å². The molecule has 0 bridgehead atoms. The summed E-state index contributed by atoms with van der Waals surface area (Å²) < 4.78 is 13.7. The van der Waals surface area contributed by atoms with Crippen molar-refractivity contribution in [2.24, 2.45) is 5.73 Å². The van der Waals surface area contributed by atoms with Gasteiger partial charge in [-0.25, -0.2) is 4.39 Å². The lowest BCUT2D eigenvalue weighted by Crippen LogP contribution is -2.15. The third kappa shape index (κ3) is 3.12. The number of hydrogen-bond donors (Lipinski definition) is 1. The summed E-state index contributed by atoms with van der Waals surface area (Å²) in [5.41, 5.74) is 6.63. The molecule has 20 heavy (non-hydrogen) atoms. The summed E-state index contributed by atoms with van der Waals surface area (Å²) >= 11 is 5.82. The third-order valence-corrected chi connectivity index (χ3v) is 3.22. The summed E-state index contributed by atoms with van der Waals surface area (Å²) in [5.74, 6) is -0.472. The van der Waals surface area contributed by atoms with Crippen molar-refractivity contribution in [2.75, 3.05) is 0 Å². The van der Waals surface area contributed by atoms with E-state index in [0.717, 1.165) is 0 Å². The van der Waals surface area contributed by atoms with Gasteiger partial charge in [-0.3, -0.25) is 10.1 Å². The Bertz CT molecular complexity index is 649. The summed E-state index contributed by atoms with van der Waals surface area (Å²) in [5, 5.41) is 11.3. The quantitative estimate of drug-likeness (QED) is 0.691. The van der Waals surface area contributed by atoms with Crippen LogP contribution in [-0.2, 0) is 6.42 Å². The van der Waals surface area contributed by atoms with E-state index in [0.29, 0.717) is 10.6 Å². The van der Waals surface area contributed by atoms with Gasteiger partial charge >= 0.3 is 0 Å². The maximum atomic E-state index is 13.7. The molecular formula is C14H12ClFN2O2. The molecule has 0 aliphatic rings. The molecule has 2 rings (SSSR count). The van der Waals surface area contributed by atoms with Crippen LogP contribution < -0.4 is 5.73 Å². The zero-order valence-electron chi connectivity index (χ0n) is 10.4. The van der Waals surface area contributed by atoms with Gasteiger partial charge in [-0.2, -0.15) is 0 Å². The van der Waals surface area contributed by atoms with Crippen LogP contribution in [0.4, 0.5) is 10.1 Å². The second-order valence-corrected chi connectivity index (χ2v) is 4.80. The number of para-hydroxylation sites is 1. The van der Waals surface area contributed by atoms with Crippen molar-refractivity contribution in [1.29, 1.82) is 0 Å². The molecule has 1 atom stereocenters. The van der Waals surface area contributed by atoms with Crippen LogP contribution in [-0.4, -0.2) is 4.92 Å². The average Bonchev–Trinajstić information content (AvgIpc) is 2.41. The largest absolute Gasteiger partial charge is 0.324 e. The summed E-state index contributed by atoms with van der Waals surface area (Å²) in [6.45, 7) is 0. The van der Waals surface area contributed by atoms with Gasteiger partial charge in [0.05, 0.1) is 4.92 Å². The molecule has 2 aromatic rings. The molecule has 0 heterocycles. The molecule has 1 unspecified atom stereocenters. The first-order valence-electron chi connectivity index (χ1n) is 5.92. The summed E-state index contributed by atoms with van der Waals surface area (Å²) in [6.07, 6.45) is 0.161. The summed E-state index contributed by atoms with van der Waals surface area (Å²) in [4.78, 5) is 10.5. The lowest BCUT2D eigenvalue weighted by molar-refractivity contribution is -0.385. The van der Waals surface area contributed by atoms with Crippen molar-refractivity contribution in [3.8, 4) is 0 Å². The number of nitro benzene ring substituents is 1. The number of rotatable bonds is 4. The van der Waals surface area contributed by atoms with E-state index in [2.05, 4.69) is 0 Å². The van der Waals surface area contributed by atoms with Crippen LogP contribution in [0.15, 0.2) is 42.5 Å². The number of nitrogens with two attached hydrogens (primary N) is 1. The predicted octanol–water partition coefficient (Wildman–Crippen LogP) is 3.63. The molecule has 104 valence electrons.